The van der Waals surface area contributed by atoms with Gasteiger partial charge in [0.25, 0.3) is 0 Å². The highest BCUT2D eigenvalue weighted by atomic mass is 19.4. The lowest BCUT2D eigenvalue weighted by atomic mass is 10.1. The number of rotatable bonds is 6. The van der Waals surface area contributed by atoms with Crippen LogP contribution in [0, 0.1) is 0 Å². The van der Waals surface area contributed by atoms with E-state index in [9.17, 15) is 13.2 Å². The molecule has 0 spiro atoms. The highest BCUT2D eigenvalue weighted by Crippen LogP contribution is 2.40. The first-order valence-corrected chi connectivity index (χ1v) is 7.64. The maximum Gasteiger partial charge on any atom is 0.418 e. The molecule has 1 aliphatic rings. The molecule has 0 aliphatic heterocycles. The van der Waals surface area contributed by atoms with Crippen molar-refractivity contribution in [3.05, 3.63) is 41.6 Å². The maximum absolute atomic E-state index is 13.1. The van der Waals surface area contributed by atoms with Crippen LogP contribution in [0.1, 0.15) is 30.0 Å². The average molecular weight is 338 g/mol. The first-order chi connectivity index (χ1) is 11.5. The Labute approximate surface area is 137 Å². The maximum atomic E-state index is 13.1. The Morgan fingerprint density at radius 1 is 1.17 bits per heavy atom. The molecule has 1 heterocycles. The van der Waals surface area contributed by atoms with Gasteiger partial charge in [0, 0.05) is 18.5 Å². The Bertz CT molecular complexity index is 717. The summed E-state index contributed by atoms with van der Waals surface area (Å²) >= 11 is 0. The van der Waals surface area contributed by atoms with Gasteiger partial charge in [-0.3, -0.25) is 0 Å². The van der Waals surface area contributed by atoms with Crippen molar-refractivity contribution in [2.75, 3.05) is 23.8 Å². The van der Waals surface area contributed by atoms with E-state index in [0.29, 0.717) is 17.7 Å². The fourth-order valence-electron chi connectivity index (χ4n) is 2.34. The second kappa shape index (κ2) is 6.64. The molecule has 1 saturated carbocycles. The summed E-state index contributed by atoms with van der Waals surface area (Å²) in [6.07, 6.45) is -2.43. The summed E-state index contributed by atoms with van der Waals surface area (Å²) in [5.74, 6) is 0.908. The third-order valence-corrected chi connectivity index (χ3v) is 3.63. The zero-order valence-corrected chi connectivity index (χ0v) is 12.8. The topological polar surface area (TPSA) is 70.1 Å². The van der Waals surface area contributed by atoms with Crippen LogP contribution in [0.15, 0.2) is 30.3 Å². The summed E-state index contributed by atoms with van der Waals surface area (Å²) in [6.45, 7) is 0.184. The van der Waals surface area contributed by atoms with Crippen LogP contribution in [0.25, 0.3) is 0 Å². The smallest absolute Gasteiger partial charge is 0.395 e. The fraction of sp³-hybridized carbons (Fsp3) is 0.375. The summed E-state index contributed by atoms with van der Waals surface area (Å²) < 4.78 is 39.3. The highest BCUT2D eigenvalue weighted by Gasteiger charge is 2.33. The standard InChI is InChI=1S/C16H17F3N4O/c17-16(18,19)11-3-1-2-4-12(11)21-14-9-13(10-5-6-10)22-15(23-14)20-7-8-24/h1-4,9-10,24H,5-8H2,(H2,20,21,22,23). The van der Waals surface area contributed by atoms with E-state index in [-0.39, 0.29) is 18.8 Å². The second-order valence-corrected chi connectivity index (χ2v) is 5.59. The Morgan fingerprint density at radius 2 is 1.92 bits per heavy atom. The number of anilines is 3. The Kier molecular flexibility index (Phi) is 4.57. The molecular weight excluding hydrogens is 321 g/mol. The molecule has 0 saturated heterocycles. The van der Waals surface area contributed by atoms with Crippen molar-refractivity contribution in [3.8, 4) is 0 Å². The van der Waals surface area contributed by atoms with Gasteiger partial charge in [0.05, 0.1) is 23.6 Å². The minimum Gasteiger partial charge on any atom is -0.395 e. The highest BCUT2D eigenvalue weighted by molar-refractivity contribution is 5.62. The lowest BCUT2D eigenvalue weighted by Gasteiger charge is -2.15. The summed E-state index contributed by atoms with van der Waals surface area (Å²) in [6, 6.07) is 6.94. The second-order valence-electron chi connectivity index (χ2n) is 5.59. The SMILES string of the molecule is OCCNc1nc(Nc2ccccc2C(F)(F)F)cc(C2CC2)n1. The minimum atomic E-state index is -4.45. The predicted molar refractivity (Wildman–Crippen MR) is 84.3 cm³/mol. The van der Waals surface area contributed by atoms with Crippen LogP contribution in [0.5, 0.6) is 0 Å². The fourth-order valence-corrected chi connectivity index (χ4v) is 2.34. The molecule has 1 aromatic heterocycles. The number of aliphatic hydroxyl groups excluding tert-OH is 1. The van der Waals surface area contributed by atoms with E-state index in [1.165, 1.54) is 18.2 Å². The monoisotopic (exact) mass is 338 g/mol. The van der Waals surface area contributed by atoms with Gasteiger partial charge in [-0.25, -0.2) is 4.98 Å². The number of hydrogen-bond acceptors (Lipinski definition) is 5. The van der Waals surface area contributed by atoms with Crippen molar-refractivity contribution in [1.29, 1.82) is 0 Å². The van der Waals surface area contributed by atoms with Gasteiger partial charge < -0.3 is 15.7 Å². The van der Waals surface area contributed by atoms with E-state index >= 15 is 0 Å². The van der Waals surface area contributed by atoms with Crippen LogP contribution >= 0.6 is 0 Å². The first-order valence-electron chi connectivity index (χ1n) is 7.64. The third kappa shape index (κ3) is 3.94. The van der Waals surface area contributed by atoms with E-state index in [1.54, 1.807) is 6.07 Å². The molecule has 8 heteroatoms. The molecule has 5 nitrogen and oxygen atoms in total. The molecule has 0 amide bonds. The minimum absolute atomic E-state index is 0.0569. The molecule has 0 atom stereocenters. The molecule has 0 unspecified atom stereocenters. The van der Waals surface area contributed by atoms with E-state index in [4.69, 9.17) is 5.11 Å². The summed E-state index contributed by atoms with van der Waals surface area (Å²) in [4.78, 5) is 8.54. The lowest BCUT2D eigenvalue weighted by Crippen LogP contribution is -2.12. The quantitative estimate of drug-likeness (QED) is 0.752. The number of aliphatic hydroxyl groups is 1. The zero-order chi connectivity index (χ0) is 17.2. The van der Waals surface area contributed by atoms with Gasteiger partial charge in [-0.15, -0.1) is 0 Å². The number of benzene rings is 1. The summed E-state index contributed by atoms with van der Waals surface area (Å²) in [5.41, 5.74) is -0.0163. The number of hydrogen-bond donors (Lipinski definition) is 3. The van der Waals surface area contributed by atoms with Crippen LogP contribution in [0.2, 0.25) is 0 Å². The lowest BCUT2D eigenvalue weighted by molar-refractivity contribution is -0.136. The molecule has 3 N–H and O–H groups in total. The number of aromatic nitrogens is 2. The summed E-state index contributed by atoms with van der Waals surface area (Å²) in [7, 11) is 0. The number of nitrogens with zero attached hydrogens (tertiary/aromatic N) is 2. The van der Waals surface area contributed by atoms with E-state index in [0.717, 1.165) is 24.6 Å². The Hall–Kier alpha value is -2.35. The van der Waals surface area contributed by atoms with Crippen LogP contribution in [-0.2, 0) is 6.18 Å². The summed E-state index contributed by atoms with van der Waals surface area (Å²) in [5, 5.41) is 14.5. The number of halogens is 3. The third-order valence-electron chi connectivity index (χ3n) is 3.63. The van der Waals surface area contributed by atoms with E-state index < -0.39 is 11.7 Å². The van der Waals surface area contributed by atoms with Gasteiger partial charge in [0.1, 0.15) is 5.82 Å². The van der Waals surface area contributed by atoms with Gasteiger partial charge >= 0.3 is 6.18 Å². The van der Waals surface area contributed by atoms with E-state index in [1.807, 2.05) is 0 Å². The predicted octanol–water partition coefficient (Wildman–Crippen LogP) is 3.52. The Balaban J connectivity index is 1.91. The van der Waals surface area contributed by atoms with Crippen molar-refractivity contribution in [3.63, 3.8) is 0 Å². The average Bonchev–Trinajstić information content (AvgIpc) is 3.37. The van der Waals surface area contributed by atoms with Crippen LogP contribution in [0.4, 0.5) is 30.6 Å². The van der Waals surface area contributed by atoms with Gasteiger partial charge in [-0.1, -0.05) is 12.1 Å². The zero-order valence-electron chi connectivity index (χ0n) is 12.8. The van der Waals surface area contributed by atoms with Crippen LogP contribution < -0.4 is 10.6 Å². The molecular formula is C16H17F3N4O. The van der Waals surface area contributed by atoms with Crippen molar-refractivity contribution in [1.82, 2.24) is 9.97 Å². The number of nitrogens with one attached hydrogen (secondary N) is 2. The van der Waals surface area contributed by atoms with Crippen molar-refractivity contribution < 1.29 is 18.3 Å². The van der Waals surface area contributed by atoms with Gasteiger partial charge in [-0.2, -0.15) is 18.2 Å². The molecule has 2 aromatic rings. The molecule has 1 fully saturated rings. The molecule has 0 bridgehead atoms. The number of alkyl halides is 3. The van der Waals surface area contributed by atoms with E-state index in [2.05, 4.69) is 20.6 Å². The normalized spacial score (nSPS) is 14.5. The Morgan fingerprint density at radius 3 is 2.58 bits per heavy atom. The molecule has 24 heavy (non-hydrogen) atoms. The molecule has 1 aliphatic carbocycles. The number of para-hydroxylation sites is 1. The molecule has 1 aromatic carbocycles. The molecule has 128 valence electrons. The van der Waals surface area contributed by atoms with Crippen molar-refractivity contribution >= 4 is 17.5 Å². The van der Waals surface area contributed by atoms with Gasteiger partial charge in [0.2, 0.25) is 5.95 Å². The first kappa shape index (κ1) is 16.5. The largest absolute Gasteiger partial charge is 0.418 e. The van der Waals surface area contributed by atoms with Gasteiger partial charge in [0.15, 0.2) is 0 Å². The molecule has 3 rings (SSSR count). The van der Waals surface area contributed by atoms with Crippen molar-refractivity contribution in [2.45, 2.75) is 24.9 Å². The van der Waals surface area contributed by atoms with Crippen LogP contribution in [0.3, 0.4) is 0 Å². The molecule has 0 radical (unpaired) electrons. The van der Waals surface area contributed by atoms with Crippen LogP contribution in [-0.4, -0.2) is 28.2 Å². The van der Waals surface area contributed by atoms with Gasteiger partial charge in [-0.05, 0) is 25.0 Å². The van der Waals surface area contributed by atoms with Crippen molar-refractivity contribution in [2.24, 2.45) is 0 Å².